The van der Waals surface area contributed by atoms with Gasteiger partial charge in [-0.15, -0.1) is 11.8 Å². The first-order valence-corrected chi connectivity index (χ1v) is 9.74. The zero-order chi connectivity index (χ0) is 13.7. The Hall–Kier alpha value is -0.270. The van der Waals surface area contributed by atoms with Crippen molar-refractivity contribution in [2.24, 2.45) is 0 Å². The maximum atomic E-state index is 12.1. The molecule has 110 valence electrons. The van der Waals surface area contributed by atoms with Crippen molar-refractivity contribution in [3.63, 3.8) is 0 Å². The number of nitrogens with one attached hydrogen (secondary N) is 1. The van der Waals surface area contributed by atoms with Crippen molar-refractivity contribution in [1.29, 1.82) is 0 Å². The number of thioether (sulfide) groups is 1. The van der Waals surface area contributed by atoms with Gasteiger partial charge in [0.15, 0.2) is 9.84 Å². The molecule has 5 nitrogen and oxygen atoms in total. The number of carbonyl (C=O) groups is 1. The maximum absolute atomic E-state index is 12.1. The Morgan fingerprint density at radius 1 is 1.21 bits per heavy atom. The first-order valence-electron chi connectivity index (χ1n) is 6.87. The van der Waals surface area contributed by atoms with Gasteiger partial charge in [-0.05, 0) is 32.4 Å². The Morgan fingerprint density at radius 2 is 1.95 bits per heavy atom. The van der Waals surface area contributed by atoms with E-state index in [2.05, 4.69) is 5.32 Å². The molecule has 1 amide bonds. The SMILES string of the molecule is O=C(CSC1CCNCC1)N1CCCS(=O)(=O)CC1. The summed E-state index contributed by atoms with van der Waals surface area (Å²) >= 11 is 1.73. The van der Waals surface area contributed by atoms with Crippen molar-refractivity contribution in [3.8, 4) is 0 Å². The number of piperidine rings is 1. The van der Waals surface area contributed by atoms with Gasteiger partial charge in [0.2, 0.25) is 5.91 Å². The second kappa shape index (κ2) is 6.95. The summed E-state index contributed by atoms with van der Waals surface area (Å²) in [5.74, 6) is 0.931. The number of rotatable bonds is 3. The van der Waals surface area contributed by atoms with Crippen molar-refractivity contribution < 1.29 is 13.2 Å². The van der Waals surface area contributed by atoms with Crippen molar-refractivity contribution in [1.82, 2.24) is 10.2 Å². The molecule has 0 aromatic heterocycles. The number of sulfone groups is 1. The highest BCUT2D eigenvalue weighted by Gasteiger charge is 2.23. The third-order valence-corrected chi connectivity index (χ3v) is 6.71. The number of carbonyl (C=O) groups excluding carboxylic acids is 1. The fourth-order valence-corrected chi connectivity index (χ4v) is 4.83. The van der Waals surface area contributed by atoms with Gasteiger partial charge in [-0.25, -0.2) is 8.42 Å². The average molecular weight is 306 g/mol. The van der Waals surface area contributed by atoms with Gasteiger partial charge in [-0.2, -0.15) is 0 Å². The molecule has 7 heteroatoms. The number of amides is 1. The zero-order valence-electron chi connectivity index (χ0n) is 11.1. The molecule has 0 aliphatic carbocycles. The van der Waals surface area contributed by atoms with Crippen molar-refractivity contribution in [2.75, 3.05) is 43.4 Å². The Morgan fingerprint density at radius 3 is 2.68 bits per heavy atom. The quantitative estimate of drug-likeness (QED) is 0.802. The summed E-state index contributed by atoms with van der Waals surface area (Å²) in [7, 11) is -2.93. The van der Waals surface area contributed by atoms with Gasteiger partial charge in [0.25, 0.3) is 0 Å². The lowest BCUT2D eigenvalue weighted by Crippen LogP contribution is -2.36. The van der Waals surface area contributed by atoms with E-state index < -0.39 is 9.84 Å². The first kappa shape index (κ1) is 15.1. The highest BCUT2D eigenvalue weighted by Crippen LogP contribution is 2.20. The molecule has 2 aliphatic rings. The highest BCUT2D eigenvalue weighted by molar-refractivity contribution is 8.00. The van der Waals surface area contributed by atoms with E-state index in [4.69, 9.17) is 0 Å². The lowest BCUT2D eigenvalue weighted by atomic mass is 10.2. The van der Waals surface area contributed by atoms with E-state index in [1.165, 1.54) is 0 Å². The van der Waals surface area contributed by atoms with Crippen LogP contribution in [0, 0.1) is 0 Å². The molecular weight excluding hydrogens is 284 g/mol. The molecule has 0 aromatic carbocycles. The Kier molecular flexibility index (Phi) is 5.53. The molecule has 1 N–H and O–H groups in total. The predicted molar refractivity (Wildman–Crippen MR) is 78.2 cm³/mol. The van der Waals surface area contributed by atoms with Crippen LogP contribution in [0.1, 0.15) is 19.3 Å². The molecule has 2 rings (SSSR count). The van der Waals surface area contributed by atoms with Crippen LogP contribution in [0.4, 0.5) is 0 Å². The Bertz CT molecular complexity index is 405. The van der Waals surface area contributed by atoms with Crippen molar-refractivity contribution >= 4 is 27.5 Å². The molecule has 2 saturated heterocycles. The average Bonchev–Trinajstić information content (AvgIpc) is 2.58. The molecule has 0 spiro atoms. The van der Waals surface area contributed by atoms with Crippen LogP contribution in [-0.4, -0.2) is 67.9 Å². The van der Waals surface area contributed by atoms with Crippen LogP contribution in [-0.2, 0) is 14.6 Å². The topological polar surface area (TPSA) is 66.5 Å². The summed E-state index contributed by atoms with van der Waals surface area (Å²) in [4.78, 5) is 13.8. The van der Waals surface area contributed by atoms with Gasteiger partial charge in [-0.1, -0.05) is 0 Å². The fraction of sp³-hybridized carbons (Fsp3) is 0.917. The molecular formula is C12H22N2O3S2. The minimum atomic E-state index is -2.93. The summed E-state index contributed by atoms with van der Waals surface area (Å²) in [6, 6.07) is 0. The molecule has 0 bridgehead atoms. The fourth-order valence-electron chi connectivity index (χ4n) is 2.43. The monoisotopic (exact) mass is 306 g/mol. The largest absolute Gasteiger partial charge is 0.341 e. The van der Waals surface area contributed by atoms with Crippen LogP contribution in [0.15, 0.2) is 0 Å². The van der Waals surface area contributed by atoms with Gasteiger partial charge in [0.1, 0.15) is 0 Å². The molecule has 2 fully saturated rings. The minimum absolute atomic E-state index is 0.0978. The summed E-state index contributed by atoms with van der Waals surface area (Å²) in [5.41, 5.74) is 0. The molecule has 2 aliphatic heterocycles. The summed E-state index contributed by atoms with van der Waals surface area (Å²) in [6.45, 7) is 3.03. The van der Waals surface area contributed by atoms with Crippen LogP contribution >= 0.6 is 11.8 Å². The number of hydrogen-bond acceptors (Lipinski definition) is 5. The van der Waals surface area contributed by atoms with Gasteiger partial charge in [0, 0.05) is 18.3 Å². The van der Waals surface area contributed by atoms with Crippen LogP contribution in [0.3, 0.4) is 0 Å². The molecule has 19 heavy (non-hydrogen) atoms. The summed E-state index contributed by atoms with van der Waals surface area (Å²) in [5, 5.41) is 3.88. The second-order valence-electron chi connectivity index (χ2n) is 5.15. The smallest absolute Gasteiger partial charge is 0.232 e. The normalized spacial score (nSPS) is 24.9. The van der Waals surface area contributed by atoms with E-state index in [1.54, 1.807) is 16.7 Å². The second-order valence-corrected chi connectivity index (χ2v) is 8.74. The van der Waals surface area contributed by atoms with Crippen LogP contribution in [0.2, 0.25) is 0 Å². The van der Waals surface area contributed by atoms with E-state index in [0.29, 0.717) is 30.5 Å². The number of nitrogens with zero attached hydrogens (tertiary/aromatic N) is 1. The lowest BCUT2D eigenvalue weighted by molar-refractivity contribution is -0.128. The van der Waals surface area contributed by atoms with Crippen molar-refractivity contribution in [2.45, 2.75) is 24.5 Å². The van der Waals surface area contributed by atoms with E-state index >= 15 is 0 Å². The molecule has 2 heterocycles. The predicted octanol–water partition coefficient (Wildman–Crippen LogP) is 0.119. The van der Waals surface area contributed by atoms with E-state index in [9.17, 15) is 13.2 Å². The van der Waals surface area contributed by atoms with Crippen molar-refractivity contribution in [3.05, 3.63) is 0 Å². The summed E-state index contributed by atoms with van der Waals surface area (Å²) in [6.07, 6.45) is 2.81. The van der Waals surface area contributed by atoms with E-state index in [1.807, 2.05) is 0 Å². The first-order chi connectivity index (χ1) is 9.07. The molecule has 0 unspecified atom stereocenters. The molecule has 0 saturated carbocycles. The highest BCUT2D eigenvalue weighted by atomic mass is 32.2. The van der Waals surface area contributed by atoms with E-state index in [-0.39, 0.29) is 17.4 Å². The third kappa shape index (κ3) is 4.96. The molecule has 0 aromatic rings. The van der Waals surface area contributed by atoms with Crippen LogP contribution in [0.5, 0.6) is 0 Å². The standard InChI is InChI=1S/C12H22N2O3S2/c15-12(10-18-11-2-4-13-5-3-11)14-6-1-8-19(16,17)9-7-14/h11,13H,1-10H2. The van der Waals surface area contributed by atoms with Crippen LogP contribution in [0.25, 0.3) is 0 Å². The van der Waals surface area contributed by atoms with Gasteiger partial charge >= 0.3 is 0 Å². The molecule has 0 radical (unpaired) electrons. The molecule has 0 atom stereocenters. The Labute approximate surface area is 119 Å². The Balaban J connectivity index is 1.76. The third-order valence-electron chi connectivity index (χ3n) is 3.64. The van der Waals surface area contributed by atoms with Gasteiger partial charge in [0.05, 0.1) is 17.3 Å². The number of hydrogen-bond donors (Lipinski definition) is 1. The zero-order valence-corrected chi connectivity index (χ0v) is 12.8. The summed E-state index contributed by atoms with van der Waals surface area (Å²) < 4.78 is 23.0. The van der Waals surface area contributed by atoms with Crippen LogP contribution < -0.4 is 5.32 Å². The van der Waals surface area contributed by atoms with E-state index in [0.717, 1.165) is 25.9 Å². The van der Waals surface area contributed by atoms with Gasteiger partial charge < -0.3 is 10.2 Å². The van der Waals surface area contributed by atoms with Gasteiger partial charge in [-0.3, -0.25) is 4.79 Å². The lowest BCUT2D eigenvalue weighted by Gasteiger charge is -2.24. The maximum Gasteiger partial charge on any atom is 0.232 e. The minimum Gasteiger partial charge on any atom is -0.341 e.